The largest absolute Gasteiger partial charge is 0.480 e. The third kappa shape index (κ3) is 1.07. The molecule has 0 amide bonds. The second-order valence-electron chi connectivity index (χ2n) is 3.07. The number of carboxylic acids is 1. The lowest BCUT2D eigenvalue weighted by Crippen LogP contribution is -2.25. The Bertz CT molecular complexity index is 408. The van der Waals surface area contributed by atoms with Gasteiger partial charge in [0.05, 0.1) is 0 Å². The average Bonchev–Trinajstić information content (AvgIpc) is 2.44. The molecule has 0 aliphatic heterocycles. The van der Waals surface area contributed by atoms with Crippen molar-refractivity contribution in [3.63, 3.8) is 0 Å². The highest BCUT2D eigenvalue weighted by atomic mass is 35.5. The lowest BCUT2D eigenvalue weighted by Gasteiger charge is -2.06. The number of hydrogen-bond acceptors (Lipinski definition) is 3. The van der Waals surface area contributed by atoms with Crippen LogP contribution < -0.4 is 0 Å². The van der Waals surface area contributed by atoms with Gasteiger partial charge in [0, 0.05) is 17.5 Å². The molecule has 14 heavy (non-hydrogen) atoms. The Labute approximate surface area is 86.3 Å². The molecule has 0 bridgehead atoms. The summed E-state index contributed by atoms with van der Waals surface area (Å²) in [5.74, 6) is -4.71. The Hall–Kier alpha value is -0.750. The van der Waals surface area contributed by atoms with E-state index >= 15 is 0 Å². The lowest BCUT2D eigenvalue weighted by atomic mass is 10.1. The molecular formula is C7H4ClF2NO2S. The molecule has 1 aliphatic rings. The van der Waals surface area contributed by atoms with Crippen molar-refractivity contribution in [2.45, 2.75) is 17.8 Å². The van der Waals surface area contributed by atoms with E-state index in [1.54, 1.807) is 0 Å². The highest BCUT2D eigenvalue weighted by Gasteiger charge is 2.78. The van der Waals surface area contributed by atoms with Crippen molar-refractivity contribution in [1.29, 1.82) is 0 Å². The van der Waals surface area contributed by atoms with Crippen molar-refractivity contribution in [3.05, 3.63) is 15.5 Å². The molecule has 1 atom stereocenters. The van der Waals surface area contributed by atoms with Crippen molar-refractivity contribution in [1.82, 2.24) is 4.98 Å². The molecular weight excluding hydrogens is 236 g/mol. The number of thiazole rings is 1. The van der Waals surface area contributed by atoms with Crippen LogP contribution in [0.15, 0.2) is 6.20 Å². The highest BCUT2D eigenvalue weighted by Crippen LogP contribution is 2.62. The third-order valence-electron chi connectivity index (χ3n) is 2.25. The van der Waals surface area contributed by atoms with E-state index in [9.17, 15) is 13.6 Å². The quantitative estimate of drug-likeness (QED) is 0.860. The molecule has 1 heterocycles. The highest BCUT2D eigenvalue weighted by molar-refractivity contribution is 7.16. The molecule has 1 aliphatic carbocycles. The molecule has 0 radical (unpaired) electrons. The molecule has 0 saturated heterocycles. The van der Waals surface area contributed by atoms with Gasteiger partial charge in [-0.3, -0.25) is 4.79 Å². The summed E-state index contributed by atoms with van der Waals surface area (Å²) < 4.78 is 26.0. The van der Waals surface area contributed by atoms with Gasteiger partial charge in [-0.05, 0) is 0 Å². The first-order valence-electron chi connectivity index (χ1n) is 3.63. The molecule has 1 N–H and O–H groups in total. The van der Waals surface area contributed by atoms with Crippen molar-refractivity contribution in [2.75, 3.05) is 0 Å². The minimum Gasteiger partial charge on any atom is -0.480 e. The number of aromatic nitrogens is 1. The summed E-state index contributed by atoms with van der Waals surface area (Å²) in [4.78, 5) is 14.3. The summed E-state index contributed by atoms with van der Waals surface area (Å²) in [7, 11) is 0. The number of carboxylic acid groups (broad SMARTS) is 1. The SMILES string of the molecule is O=C(O)C1(c2cnc(Cl)s2)CC1(F)F. The van der Waals surface area contributed by atoms with Crippen molar-refractivity contribution >= 4 is 28.9 Å². The smallest absolute Gasteiger partial charge is 0.321 e. The summed E-state index contributed by atoms with van der Waals surface area (Å²) in [6, 6.07) is 0. The first-order valence-corrected chi connectivity index (χ1v) is 4.82. The van der Waals surface area contributed by atoms with Gasteiger partial charge >= 0.3 is 5.97 Å². The van der Waals surface area contributed by atoms with Crippen LogP contribution in [0, 0.1) is 0 Å². The van der Waals surface area contributed by atoms with Crippen molar-refractivity contribution in [2.24, 2.45) is 0 Å². The predicted octanol–water partition coefficient (Wildman–Crippen LogP) is 2.16. The Kier molecular flexibility index (Phi) is 1.84. The second kappa shape index (κ2) is 2.64. The van der Waals surface area contributed by atoms with E-state index in [1.165, 1.54) is 0 Å². The van der Waals surface area contributed by atoms with E-state index in [2.05, 4.69) is 4.98 Å². The minimum atomic E-state index is -3.19. The van der Waals surface area contributed by atoms with Gasteiger partial charge in [-0.2, -0.15) is 0 Å². The van der Waals surface area contributed by atoms with Crippen LogP contribution in [0.3, 0.4) is 0 Å². The van der Waals surface area contributed by atoms with E-state index in [0.717, 1.165) is 17.5 Å². The summed E-state index contributed by atoms with van der Waals surface area (Å²) in [5.41, 5.74) is -2.09. The van der Waals surface area contributed by atoms with E-state index in [1.807, 2.05) is 0 Å². The number of hydrogen-bond donors (Lipinski definition) is 1. The standard InChI is InChI=1S/C7H4ClF2NO2S/c8-5-11-1-3(14-5)6(4(12)13)2-7(6,9)10/h1H,2H2,(H,12,13). The van der Waals surface area contributed by atoms with Gasteiger partial charge in [0.2, 0.25) is 0 Å². The topological polar surface area (TPSA) is 50.2 Å². The molecule has 3 nitrogen and oxygen atoms in total. The maximum atomic E-state index is 13.0. The Morgan fingerprint density at radius 2 is 2.29 bits per heavy atom. The fourth-order valence-corrected chi connectivity index (χ4v) is 2.52. The summed E-state index contributed by atoms with van der Waals surface area (Å²) >= 11 is 6.24. The van der Waals surface area contributed by atoms with E-state index in [4.69, 9.17) is 16.7 Å². The average molecular weight is 240 g/mol. The van der Waals surface area contributed by atoms with Crippen LogP contribution in [0.1, 0.15) is 11.3 Å². The van der Waals surface area contributed by atoms with Crippen molar-refractivity contribution < 1.29 is 18.7 Å². The predicted molar refractivity (Wildman–Crippen MR) is 46.0 cm³/mol. The molecule has 76 valence electrons. The first-order chi connectivity index (χ1) is 6.40. The normalized spacial score (nSPS) is 28.8. The van der Waals surface area contributed by atoms with Gasteiger partial charge in [-0.15, -0.1) is 11.3 Å². The fraction of sp³-hybridized carbons (Fsp3) is 0.429. The Morgan fingerprint density at radius 3 is 2.57 bits per heavy atom. The third-order valence-corrected chi connectivity index (χ3v) is 3.53. The number of rotatable bonds is 2. The molecule has 1 unspecified atom stereocenters. The van der Waals surface area contributed by atoms with Crippen LogP contribution in [-0.2, 0) is 10.2 Å². The second-order valence-corrected chi connectivity index (χ2v) is 4.68. The molecule has 1 saturated carbocycles. The van der Waals surface area contributed by atoms with Crippen LogP contribution in [0.5, 0.6) is 0 Å². The van der Waals surface area contributed by atoms with Crippen LogP contribution in [0.25, 0.3) is 0 Å². The number of halogens is 3. The molecule has 0 aromatic carbocycles. The van der Waals surface area contributed by atoms with E-state index in [-0.39, 0.29) is 9.34 Å². The maximum Gasteiger partial charge on any atom is 0.321 e. The fourth-order valence-electron chi connectivity index (χ4n) is 1.34. The molecule has 7 heteroatoms. The van der Waals surface area contributed by atoms with E-state index < -0.39 is 23.7 Å². The Morgan fingerprint density at radius 1 is 1.71 bits per heavy atom. The van der Waals surface area contributed by atoms with Gasteiger partial charge in [0.1, 0.15) is 0 Å². The summed E-state index contributed by atoms with van der Waals surface area (Å²) in [5, 5.41) is 8.76. The van der Waals surface area contributed by atoms with Gasteiger partial charge in [0.15, 0.2) is 9.88 Å². The molecule has 1 fully saturated rings. The van der Waals surface area contributed by atoms with Gasteiger partial charge in [-0.1, -0.05) is 11.6 Å². The van der Waals surface area contributed by atoms with Gasteiger partial charge in [-0.25, -0.2) is 13.8 Å². The summed E-state index contributed by atoms with van der Waals surface area (Å²) in [6.45, 7) is 0. The van der Waals surface area contributed by atoms with Crippen molar-refractivity contribution in [3.8, 4) is 0 Å². The molecule has 0 spiro atoms. The zero-order chi connectivity index (χ0) is 10.6. The van der Waals surface area contributed by atoms with Crippen LogP contribution in [-0.4, -0.2) is 22.0 Å². The lowest BCUT2D eigenvalue weighted by molar-refractivity contribution is -0.142. The Balaban J connectivity index is 2.46. The number of carbonyl (C=O) groups is 1. The number of nitrogens with zero attached hydrogens (tertiary/aromatic N) is 1. The van der Waals surface area contributed by atoms with Crippen LogP contribution in [0.4, 0.5) is 8.78 Å². The molecule has 2 rings (SSSR count). The van der Waals surface area contributed by atoms with Gasteiger partial charge in [0.25, 0.3) is 5.92 Å². The zero-order valence-corrected chi connectivity index (χ0v) is 8.20. The molecule has 1 aromatic rings. The first kappa shape index (κ1) is 9.79. The monoisotopic (exact) mass is 239 g/mol. The van der Waals surface area contributed by atoms with E-state index in [0.29, 0.717) is 0 Å². The van der Waals surface area contributed by atoms with Crippen LogP contribution >= 0.6 is 22.9 Å². The zero-order valence-electron chi connectivity index (χ0n) is 6.63. The maximum absolute atomic E-state index is 13.0. The van der Waals surface area contributed by atoms with Crippen LogP contribution in [0.2, 0.25) is 4.47 Å². The number of alkyl halides is 2. The molecule has 1 aromatic heterocycles. The van der Waals surface area contributed by atoms with Gasteiger partial charge < -0.3 is 5.11 Å². The summed E-state index contributed by atoms with van der Waals surface area (Å²) in [6.07, 6.45) is 0.426. The number of aliphatic carboxylic acids is 1. The minimum absolute atomic E-state index is 0.0139.